The zero-order valence-corrected chi connectivity index (χ0v) is 15.5. The summed E-state index contributed by atoms with van der Waals surface area (Å²) in [5.74, 6) is 4.73. The predicted octanol–water partition coefficient (Wildman–Crippen LogP) is 3.62. The van der Waals surface area contributed by atoms with E-state index in [4.69, 9.17) is 0 Å². The number of anilines is 1. The second kappa shape index (κ2) is 9.33. The summed E-state index contributed by atoms with van der Waals surface area (Å²) in [7, 11) is 0. The second-order valence-electron chi connectivity index (χ2n) is 5.18. The van der Waals surface area contributed by atoms with Crippen LogP contribution in [0.4, 0.5) is 5.69 Å². The highest BCUT2D eigenvalue weighted by Crippen LogP contribution is 2.45. The molecular weight excluding hydrogens is 356 g/mol. The van der Waals surface area contributed by atoms with Crippen LogP contribution in [0.2, 0.25) is 0 Å². The Morgan fingerprint density at radius 2 is 2.09 bits per heavy atom. The van der Waals surface area contributed by atoms with Gasteiger partial charge < -0.3 is 10.6 Å². The Bertz CT molecular complexity index is 491. The lowest BCUT2D eigenvalue weighted by Gasteiger charge is -2.22. The van der Waals surface area contributed by atoms with Crippen LogP contribution in [0.15, 0.2) is 24.3 Å². The third kappa shape index (κ3) is 5.27. The highest BCUT2D eigenvalue weighted by Gasteiger charge is 2.19. The molecule has 0 saturated carbocycles. The van der Waals surface area contributed by atoms with E-state index in [9.17, 15) is 4.79 Å². The summed E-state index contributed by atoms with van der Waals surface area (Å²) in [4.78, 5) is 12.1. The minimum Gasteiger partial charge on any atom is -0.326 e. The molecule has 22 heavy (non-hydrogen) atoms. The molecule has 122 valence electrons. The van der Waals surface area contributed by atoms with Gasteiger partial charge in [-0.25, -0.2) is 0 Å². The maximum Gasteiger partial charge on any atom is 0.225 e. The molecule has 2 fully saturated rings. The smallest absolute Gasteiger partial charge is 0.225 e. The Hall–Kier alpha value is -0.0100. The van der Waals surface area contributed by atoms with E-state index in [-0.39, 0.29) is 18.3 Å². The molecule has 2 aliphatic heterocycles. The predicted molar refractivity (Wildman–Crippen MR) is 104 cm³/mol. The standard InChI is InChI=1S/C15H20N2OS3.ClH/c18-14(9-13-10-19-5-4-16-13)17-12-3-1-2-11(8-12)15-20-6-7-21-15;/h1-3,8,13,15-16H,4-7,9-10H2,(H,17,18);1H. The van der Waals surface area contributed by atoms with Gasteiger partial charge in [-0.3, -0.25) is 4.79 Å². The van der Waals surface area contributed by atoms with Crippen molar-refractivity contribution in [3.05, 3.63) is 29.8 Å². The van der Waals surface area contributed by atoms with Crippen molar-refractivity contribution in [2.24, 2.45) is 0 Å². The van der Waals surface area contributed by atoms with Crippen LogP contribution in [0, 0.1) is 0 Å². The molecule has 1 amide bonds. The number of nitrogens with one attached hydrogen (secondary N) is 2. The van der Waals surface area contributed by atoms with E-state index in [0.29, 0.717) is 17.0 Å². The number of rotatable bonds is 4. The molecule has 2 N–H and O–H groups in total. The normalized spacial score (nSPS) is 22.1. The lowest BCUT2D eigenvalue weighted by atomic mass is 10.2. The number of carbonyl (C=O) groups excluding carboxylic acids is 1. The summed E-state index contributed by atoms with van der Waals surface area (Å²) in [5, 5.41) is 6.45. The summed E-state index contributed by atoms with van der Waals surface area (Å²) < 4.78 is 0.526. The van der Waals surface area contributed by atoms with Gasteiger partial charge in [-0.1, -0.05) is 12.1 Å². The maximum absolute atomic E-state index is 12.1. The van der Waals surface area contributed by atoms with Gasteiger partial charge in [-0.2, -0.15) is 11.8 Å². The Kier molecular flexibility index (Phi) is 7.77. The monoisotopic (exact) mass is 376 g/mol. The third-order valence-electron chi connectivity index (χ3n) is 3.49. The third-order valence-corrected chi connectivity index (χ3v) is 7.73. The highest BCUT2D eigenvalue weighted by molar-refractivity contribution is 8.19. The van der Waals surface area contributed by atoms with Crippen LogP contribution in [0.3, 0.4) is 0 Å². The van der Waals surface area contributed by atoms with Crippen LogP contribution in [0.1, 0.15) is 16.6 Å². The van der Waals surface area contributed by atoms with E-state index in [1.807, 2.05) is 47.4 Å². The van der Waals surface area contributed by atoms with Crippen molar-refractivity contribution in [2.45, 2.75) is 17.0 Å². The minimum absolute atomic E-state index is 0. The van der Waals surface area contributed by atoms with Gasteiger partial charge in [0.1, 0.15) is 0 Å². The molecule has 2 aliphatic rings. The first-order chi connectivity index (χ1) is 10.3. The number of benzene rings is 1. The molecule has 2 heterocycles. The number of amides is 1. The fourth-order valence-corrected chi connectivity index (χ4v) is 6.29. The van der Waals surface area contributed by atoms with Gasteiger partial charge >= 0.3 is 0 Å². The molecule has 2 saturated heterocycles. The zero-order valence-electron chi connectivity index (χ0n) is 12.2. The number of halogens is 1. The molecule has 1 atom stereocenters. The van der Waals surface area contributed by atoms with E-state index in [1.165, 1.54) is 17.1 Å². The van der Waals surface area contributed by atoms with Gasteiger partial charge in [-0.05, 0) is 17.7 Å². The van der Waals surface area contributed by atoms with Crippen molar-refractivity contribution in [2.75, 3.05) is 34.9 Å². The van der Waals surface area contributed by atoms with Gasteiger partial charge in [0.2, 0.25) is 5.91 Å². The second-order valence-corrected chi connectivity index (χ2v) is 9.05. The van der Waals surface area contributed by atoms with Crippen molar-refractivity contribution >= 4 is 59.3 Å². The van der Waals surface area contributed by atoms with E-state index in [1.54, 1.807) is 0 Å². The molecule has 1 unspecified atom stereocenters. The van der Waals surface area contributed by atoms with Crippen LogP contribution in [-0.4, -0.2) is 41.5 Å². The van der Waals surface area contributed by atoms with Crippen LogP contribution in [0.25, 0.3) is 0 Å². The Morgan fingerprint density at radius 1 is 1.27 bits per heavy atom. The minimum atomic E-state index is 0. The first-order valence-corrected chi connectivity index (χ1v) is 10.5. The molecule has 3 nitrogen and oxygen atoms in total. The Morgan fingerprint density at radius 3 is 2.82 bits per heavy atom. The summed E-state index contributed by atoms with van der Waals surface area (Å²) in [5.41, 5.74) is 2.24. The van der Waals surface area contributed by atoms with Crippen molar-refractivity contribution in [3.63, 3.8) is 0 Å². The maximum atomic E-state index is 12.1. The van der Waals surface area contributed by atoms with Crippen molar-refractivity contribution in [3.8, 4) is 0 Å². The first-order valence-electron chi connectivity index (χ1n) is 7.25. The van der Waals surface area contributed by atoms with Gasteiger partial charge in [0, 0.05) is 47.7 Å². The van der Waals surface area contributed by atoms with E-state index >= 15 is 0 Å². The van der Waals surface area contributed by atoms with Crippen molar-refractivity contribution < 1.29 is 4.79 Å². The molecule has 3 rings (SSSR count). The number of hydrogen-bond acceptors (Lipinski definition) is 5. The number of carbonyl (C=O) groups is 1. The molecule has 7 heteroatoms. The molecule has 0 bridgehead atoms. The lowest BCUT2D eigenvalue weighted by Crippen LogP contribution is -2.39. The highest BCUT2D eigenvalue weighted by atomic mass is 35.5. The first kappa shape index (κ1) is 18.3. The van der Waals surface area contributed by atoms with E-state index < -0.39 is 0 Å². The fourth-order valence-electron chi connectivity index (χ4n) is 2.50. The summed E-state index contributed by atoms with van der Waals surface area (Å²) in [6.07, 6.45) is 0.560. The lowest BCUT2D eigenvalue weighted by molar-refractivity contribution is -0.116. The largest absolute Gasteiger partial charge is 0.326 e. The molecule has 1 aromatic carbocycles. The fraction of sp³-hybridized carbons (Fsp3) is 0.533. The zero-order chi connectivity index (χ0) is 14.5. The van der Waals surface area contributed by atoms with Gasteiger partial charge in [0.05, 0.1) is 4.58 Å². The molecular formula is C15H21ClN2OS3. The van der Waals surface area contributed by atoms with Gasteiger partial charge in [0.15, 0.2) is 0 Å². The van der Waals surface area contributed by atoms with E-state index in [0.717, 1.165) is 23.7 Å². The number of thioether (sulfide) groups is 3. The topological polar surface area (TPSA) is 41.1 Å². The summed E-state index contributed by atoms with van der Waals surface area (Å²) in [6.45, 7) is 1.01. The molecule has 0 radical (unpaired) electrons. The van der Waals surface area contributed by atoms with Crippen molar-refractivity contribution in [1.29, 1.82) is 0 Å². The molecule has 0 aliphatic carbocycles. The average molecular weight is 377 g/mol. The van der Waals surface area contributed by atoms with Crippen LogP contribution in [-0.2, 0) is 4.79 Å². The number of hydrogen-bond donors (Lipinski definition) is 2. The van der Waals surface area contributed by atoms with E-state index in [2.05, 4.69) is 22.8 Å². The Labute approximate surface area is 150 Å². The average Bonchev–Trinajstić information content (AvgIpc) is 3.02. The molecule has 0 aromatic heterocycles. The SMILES string of the molecule is Cl.O=C(CC1CSCCN1)Nc1cccc(C2SCCS2)c1. The van der Waals surface area contributed by atoms with Gasteiger partial charge in [-0.15, -0.1) is 35.9 Å². The molecule has 0 spiro atoms. The van der Waals surface area contributed by atoms with Gasteiger partial charge in [0.25, 0.3) is 0 Å². The van der Waals surface area contributed by atoms with Crippen molar-refractivity contribution in [1.82, 2.24) is 5.32 Å². The summed E-state index contributed by atoms with van der Waals surface area (Å²) in [6, 6.07) is 8.61. The quantitative estimate of drug-likeness (QED) is 0.839. The molecule has 1 aromatic rings. The van der Waals surface area contributed by atoms with Crippen LogP contribution < -0.4 is 10.6 Å². The van der Waals surface area contributed by atoms with Crippen LogP contribution >= 0.6 is 47.7 Å². The summed E-state index contributed by atoms with van der Waals surface area (Å²) >= 11 is 5.90. The van der Waals surface area contributed by atoms with Crippen LogP contribution in [0.5, 0.6) is 0 Å². The Balaban J connectivity index is 0.00000176.